The van der Waals surface area contributed by atoms with Gasteiger partial charge in [-0.15, -0.1) is 0 Å². The van der Waals surface area contributed by atoms with Crippen molar-refractivity contribution >= 4 is 23.1 Å². The first-order chi connectivity index (χ1) is 3.79. The van der Waals surface area contributed by atoms with E-state index in [1.54, 1.807) is 0 Å². The molecule has 0 amide bonds. The van der Waals surface area contributed by atoms with Crippen molar-refractivity contribution in [3.63, 3.8) is 0 Å². The van der Waals surface area contributed by atoms with Gasteiger partial charge in [-0.1, -0.05) is 13.8 Å². The molecular formula is C9H12Mg. The quantitative estimate of drug-likeness (QED) is 0.387. The Morgan fingerprint density at radius 2 is 1.50 bits per heavy atom. The molecule has 0 aromatic heterocycles. The van der Waals surface area contributed by atoms with Gasteiger partial charge in [-0.2, -0.15) is 35.4 Å². The molecule has 0 N–H and O–H groups in total. The molecule has 0 saturated carbocycles. The summed E-state index contributed by atoms with van der Waals surface area (Å²) < 4.78 is 0. The molecule has 0 aliphatic carbocycles. The summed E-state index contributed by atoms with van der Waals surface area (Å²) in [7, 11) is 0. The third kappa shape index (κ3) is 3.91. The van der Waals surface area contributed by atoms with Crippen molar-refractivity contribution in [1.82, 2.24) is 0 Å². The molecular weight excluding hydrogens is 132 g/mol. The monoisotopic (exact) mass is 144 g/mol. The molecule has 0 bridgehead atoms. The van der Waals surface area contributed by atoms with Crippen molar-refractivity contribution in [2.75, 3.05) is 0 Å². The van der Waals surface area contributed by atoms with Crippen LogP contribution in [0.3, 0.4) is 0 Å². The zero-order valence-corrected chi connectivity index (χ0v) is 8.35. The van der Waals surface area contributed by atoms with E-state index >= 15 is 0 Å². The van der Waals surface area contributed by atoms with Crippen LogP contribution >= 0.6 is 0 Å². The Morgan fingerprint density at radius 1 is 1.10 bits per heavy atom. The summed E-state index contributed by atoms with van der Waals surface area (Å²) >= 11 is 0. The molecule has 0 aliphatic rings. The number of rotatable bonds is 0. The van der Waals surface area contributed by atoms with Crippen molar-refractivity contribution in [1.29, 1.82) is 0 Å². The standard InChI is InChI=1S/C8H9.CH3.Mg/c1-7-4-3-5-8(2)6-7;;/h3-5H,1-2H3;1H3;/q2*-1;+2. The SMILES string of the molecule is Cc1[c-]c(C)ccc1.[CH3-].[Mg+2]. The smallest absolute Gasteiger partial charge is 0.358 e. The largest absolute Gasteiger partial charge is 2.00 e. The minimum absolute atomic E-state index is 0. The molecule has 1 rings (SSSR count). The Kier molecular flexibility index (Phi) is 7.27. The summed E-state index contributed by atoms with van der Waals surface area (Å²) in [6.07, 6.45) is 0. The van der Waals surface area contributed by atoms with Crippen LogP contribution in [0.2, 0.25) is 0 Å². The van der Waals surface area contributed by atoms with Crippen molar-refractivity contribution < 1.29 is 0 Å². The van der Waals surface area contributed by atoms with Crippen molar-refractivity contribution in [2.24, 2.45) is 0 Å². The van der Waals surface area contributed by atoms with Gasteiger partial charge in [0, 0.05) is 0 Å². The first-order valence-electron chi connectivity index (χ1n) is 2.74. The van der Waals surface area contributed by atoms with Crippen molar-refractivity contribution in [3.8, 4) is 0 Å². The zero-order valence-electron chi connectivity index (χ0n) is 6.94. The van der Waals surface area contributed by atoms with Crippen molar-refractivity contribution in [3.05, 3.63) is 42.8 Å². The maximum absolute atomic E-state index is 3.17. The van der Waals surface area contributed by atoms with E-state index < -0.39 is 0 Å². The minimum Gasteiger partial charge on any atom is -0.358 e. The van der Waals surface area contributed by atoms with Gasteiger partial charge in [0.05, 0.1) is 0 Å². The third-order valence-electron chi connectivity index (χ3n) is 1.09. The van der Waals surface area contributed by atoms with Gasteiger partial charge in [0.1, 0.15) is 0 Å². The number of hydrogen-bond acceptors (Lipinski definition) is 0. The zero-order chi connectivity index (χ0) is 5.98. The van der Waals surface area contributed by atoms with Crippen molar-refractivity contribution in [2.45, 2.75) is 13.8 Å². The molecule has 0 nitrogen and oxygen atoms in total. The minimum atomic E-state index is 0. The molecule has 1 aromatic carbocycles. The van der Waals surface area contributed by atoms with Gasteiger partial charge in [-0.3, -0.25) is 0 Å². The molecule has 0 unspecified atom stereocenters. The van der Waals surface area contributed by atoms with Gasteiger partial charge in [-0.05, 0) is 0 Å². The number of benzene rings is 1. The van der Waals surface area contributed by atoms with Crippen LogP contribution in [0.5, 0.6) is 0 Å². The molecule has 50 valence electrons. The van der Waals surface area contributed by atoms with Crippen LogP contribution in [0.1, 0.15) is 11.1 Å². The average molecular weight is 144 g/mol. The molecule has 0 aliphatic heterocycles. The fourth-order valence-electron chi connectivity index (χ4n) is 0.731. The number of hydrogen-bond donors (Lipinski definition) is 0. The van der Waals surface area contributed by atoms with Crippen LogP contribution in [0.15, 0.2) is 18.2 Å². The van der Waals surface area contributed by atoms with Gasteiger partial charge < -0.3 is 7.43 Å². The van der Waals surface area contributed by atoms with E-state index in [2.05, 4.69) is 6.07 Å². The molecule has 0 atom stereocenters. The molecule has 0 heterocycles. The predicted molar refractivity (Wildman–Crippen MR) is 46.9 cm³/mol. The topological polar surface area (TPSA) is 0 Å². The van der Waals surface area contributed by atoms with E-state index in [0.29, 0.717) is 0 Å². The van der Waals surface area contributed by atoms with Gasteiger partial charge in [0.25, 0.3) is 0 Å². The molecule has 10 heavy (non-hydrogen) atoms. The summed E-state index contributed by atoms with van der Waals surface area (Å²) in [4.78, 5) is 0. The van der Waals surface area contributed by atoms with E-state index in [0.717, 1.165) is 0 Å². The van der Waals surface area contributed by atoms with Gasteiger partial charge in [0.15, 0.2) is 0 Å². The summed E-state index contributed by atoms with van der Waals surface area (Å²) in [5, 5.41) is 0. The van der Waals surface area contributed by atoms with Crippen LogP contribution in [0.25, 0.3) is 0 Å². The number of aryl methyl sites for hydroxylation is 2. The maximum atomic E-state index is 3.17. The summed E-state index contributed by atoms with van der Waals surface area (Å²) in [5.74, 6) is 0. The van der Waals surface area contributed by atoms with Crippen LogP contribution < -0.4 is 0 Å². The van der Waals surface area contributed by atoms with E-state index in [1.165, 1.54) is 11.1 Å². The second kappa shape index (κ2) is 5.75. The van der Waals surface area contributed by atoms with E-state index in [4.69, 9.17) is 0 Å². The Labute approximate surface area is 79.8 Å². The maximum Gasteiger partial charge on any atom is 2.00 e. The van der Waals surface area contributed by atoms with Gasteiger partial charge in [-0.25, -0.2) is 0 Å². The second-order valence-electron chi connectivity index (χ2n) is 2.02. The van der Waals surface area contributed by atoms with E-state index in [1.807, 2.05) is 32.0 Å². The Balaban J connectivity index is 0. The summed E-state index contributed by atoms with van der Waals surface area (Å²) in [6, 6.07) is 9.31. The Morgan fingerprint density at radius 3 is 1.70 bits per heavy atom. The average Bonchev–Trinajstić information content (AvgIpc) is 1.64. The van der Waals surface area contributed by atoms with Crippen LogP contribution in [-0.4, -0.2) is 23.1 Å². The second-order valence-corrected chi connectivity index (χ2v) is 2.02. The fourth-order valence-corrected chi connectivity index (χ4v) is 0.731. The van der Waals surface area contributed by atoms with Crippen LogP contribution in [-0.2, 0) is 0 Å². The molecule has 1 aromatic rings. The first kappa shape index (κ1) is 12.6. The molecule has 0 fully saturated rings. The van der Waals surface area contributed by atoms with Gasteiger partial charge in [0.2, 0.25) is 0 Å². The Bertz CT molecular complexity index is 165. The first-order valence-corrected chi connectivity index (χ1v) is 2.74. The molecule has 0 radical (unpaired) electrons. The van der Waals surface area contributed by atoms with Gasteiger partial charge >= 0.3 is 23.1 Å². The molecule has 1 heteroatoms. The van der Waals surface area contributed by atoms with E-state index in [9.17, 15) is 0 Å². The van der Waals surface area contributed by atoms with Crippen LogP contribution in [0.4, 0.5) is 0 Å². The Hall–Kier alpha value is -0.0138. The molecule has 0 spiro atoms. The normalized spacial score (nSPS) is 7.40. The summed E-state index contributed by atoms with van der Waals surface area (Å²) in [6.45, 7) is 4.10. The predicted octanol–water partition coefficient (Wildman–Crippen LogP) is 2.17. The summed E-state index contributed by atoms with van der Waals surface area (Å²) in [5.41, 5.74) is 2.43. The molecule has 0 saturated heterocycles. The fraction of sp³-hybridized carbons (Fsp3) is 0.222. The van der Waals surface area contributed by atoms with E-state index in [-0.39, 0.29) is 30.5 Å². The third-order valence-corrected chi connectivity index (χ3v) is 1.09. The van der Waals surface area contributed by atoms with Crippen LogP contribution in [0, 0.1) is 27.3 Å².